The molecule has 4 heteroatoms. The maximum atomic E-state index is 11.0. The molecule has 0 aliphatic rings. The number of rotatable bonds is 3. The van der Waals surface area contributed by atoms with Crippen molar-refractivity contribution in [2.75, 3.05) is 14.2 Å². The van der Waals surface area contributed by atoms with E-state index in [-0.39, 0.29) is 12.4 Å². The van der Waals surface area contributed by atoms with E-state index in [1.807, 2.05) is 0 Å². The molecular formula is C10H11ClO3. The quantitative estimate of drug-likeness (QED) is 0.723. The molecule has 1 rings (SSSR count). The van der Waals surface area contributed by atoms with Crippen molar-refractivity contribution in [3.8, 4) is 5.75 Å². The third kappa shape index (κ3) is 2.64. The first-order valence-corrected chi connectivity index (χ1v) is 4.44. The van der Waals surface area contributed by atoms with Crippen LogP contribution in [0.1, 0.15) is 5.56 Å². The summed E-state index contributed by atoms with van der Waals surface area (Å²) in [6.07, 6.45) is 0.226. The lowest BCUT2D eigenvalue weighted by atomic mass is 10.1. The summed E-state index contributed by atoms with van der Waals surface area (Å²) in [6.45, 7) is 0. The average Bonchev–Trinajstić information content (AvgIpc) is 2.20. The van der Waals surface area contributed by atoms with Crippen molar-refractivity contribution < 1.29 is 14.3 Å². The van der Waals surface area contributed by atoms with Crippen molar-refractivity contribution in [3.05, 3.63) is 28.8 Å². The molecular weight excluding hydrogens is 204 g/mol. The van der Waals surface area contributed by atoms with Crippen LogP contribution < -0.4 is 4.74 Å². The summed E-state index contributed by atoms with van der Waals surface area (Å²) in [4.78, 5) is 11.0. The predicted molar refractivity (Wildman–Crippen MR) is 53.7 cm³/mol. The minimum atomic E-state index is -0.283. The van der Waals surface area contributed by atoms with Crippen LogP contribution >= 0.6 is 11.6 Å². The molecule has 3 nitrogen and oxygen atoms in total. The van der Waals surface area contributed by atoms with Crippen LogP contribution in [-0.2, 0) is 16.0 Å². The van der Waals surface area contributed by atoms with Gasteiger partial charge in [-0.1, -0.05) is 17.7 Å². The lowest BCUT2D eigenvalue weighted by molar-refractivity contribution is -0.139. The molecule has 76 valence electrons. The first kappa shape index (κ1) is 10.9. The Kier molecular flexibility index (Phi) is 3.77. The highest BCUT2D eigenvalue weighted by molar-refractivity contribution is 6.32. The van der Waals surface area contributed by atoms with Crippen molar-refractivity contribution in [1.29, 1.82) is 0 Å². The van der Waals surface area contributed by atoms with Gasteiger partial charge in [-0.3, -0.25) is 4.79 Å². The van der Waals surface area contributed by atoms with Crippen LogP contribution in [0.5, 0.6) is 5.75 Å². The maximum Gasteiger partial charge on any atom is 0.309 e. The number of methoxy groups -OCH3 is 2. The van der Waals surface area contributed by atoms with Crippen molar-refractivity contribution in [3.63, 3.8) is 0 Å². The summed E-state index contributed by atoms with van der Waals surface area (Å²) in [7, 11) is 2.89. The van der Waals surface area contributed by atoms with Gasteiger partial charge in [0.1, 0.15) is 5.75 Å². The normalized spacial score (nSPS) is 9.64. The summed E-state index contributed by atoms with van der Waals surface area (Å²) in [5.74, 6) is 0.280. The van der Waals surface area contributed by atoms with Crippen LogP contribution in [0.4, 0.5) is 0 Å². The Bertz CT molecular complexity index is 336. The fourth-order valence-corrected chi connectivity index (χ4v) is 1.25. The number of benzene rings is 1. The molecule has 0 radical (unpaired) electrons. The highest BCUT2D eigenvalue weighted by Crippen LogP contribution is 2.25. The molecule has 0 saturated carbocycles. The van der Waals surface area contributed by atoms with Gasteiger partial charge in [0, 0.05) is 0 Å². The Hall–Kier alpha value is -1.22. The van der Waals surface area contributed by atoms with Crippen LogP contribution in [-0.4, -0.2) is 20.2 Å². The molecule has 0 unspecified atom stereocenters. The zero-order chi connectivity index (χ0) is 10.6. The second kappa shape index (κ2) is 4.86. The van der Waals surface area contributed by atoms with E-state index in [1.165, 1.54) is 14.2 Å². The molecule has 1 aromatic carbocycles. The number of ether oxygens (including phenoxy) is 2. The zero-order valence-electron chi connectivity index (χ0n) is 8.04. The van der Waals surface area contributed by atoms with Gasteiger partial charge in [0.2, 0.25) is 0 Å². The highest BCUT2D eigenvalue weighted by Gasteiger charge is 2.06. The van der Waals surface area contributed by atoms with E-state index in [1.54, 1.807) is 18.2 Å². The van der Waals surface area contributed by atoms with E-state index >= 15 is 0 Å². The van der Waals surface area contributed by atoms with Gasteiger partial charge in [0.15, 0.2) is 0 Å². The molecule has 0 heterocycles. The first-order chi connectivity index (χ1) is 6.67. The summed E-state index contributed by atoms with van der Waals surface area (Å²) in [6, 6.07) is 5.18. The van der Waals surface area contributed by atoms with Gasteiger partial charge in [-0.15, -0.1) is 0 Å². The topological polar surface area (TPSA) is 35.5 Å². The second-order valence-electron chi connectivity index (χ2n) is 2.72. The van der Waals surface area contributed by atoms with Crippen LogP contribution in [0.15, 0.2) is 18.2 Å². The number of esters is 1. The van der Waals surface area contributed by atoms with Crippen molar-refractivity contribution >= 4 is 17.6 Å². The van der Waals surface area contributed by atoms with Crippen molar-refractivity contribution in [1.82, 2.24) is 0 Å². The second-order valence-corrected chi connectivity index (χ2v) is 3.13. The summed E-state index contributed by atoms with van der Waals surface area (Å²) in [5, 5.41) is 0.529. The van der Waals surface area contributed by atoms with Crippen LogP contribution in [0.25, 0.3) is 0 Å². The van der Waals surface area contributed by atoms with E-state index in [4.69, 9.17) is 16.3 Å². The zero-order valence-corrected chi connectivity index (χ0v) is 8.80. The number of hydrogen-bond acceptors (Lipinski definition) is 3. The monoisotopic (exact) mass is 214 g/mol. The van der Waals surface area contributed by atoms with Crippen molar-refractivity contribution in [2.24, 2.45) is 0 Å². The molecule has 0 spiro atoms. The van der Waals surface area contributed by atoms with Gasteiger partial charge in [0.25, 0.3) is 0 Å². The molecule has 0 saturated heterocycles. The van der Waals surface area contributed by atoms with Gasteiger partial charge < -0.3 is 9.47 Å². The standard InChI is InChI=1S/C10H11ClO3/c1-13-9-5-7(3-4-8(9)11)6-10(12)14-2/h3-5H,6H2,1-2H3. The number of halogens is 1. The predicted octanol–water partition coefficient (Wildman–Crippen LogP) is 2.06. The molecule has 0 fully saturated rings. The molecule has 0 aliphatic carbocycles. The van der Waals surface area contributed by atoms with Gasteiger partial charge >= 0.3 is 5.97 Å². The van der Waals surface area contributed by atoms with E-state index < -0.39 is 0 Å². The van der Waals surface area contributed by atoms with Crippen LogP contribution in [0, 0.1) is 0 Å². The first-order valence-electron chi connectivity index (χ1n) is 4.06. The third-order valence-electron chi connectivity index (χ3n) is 1.79. The fourth-order valence-electron chi connectivity index (χ4n) is 1.05. The molecule has 0 bridgehead atoms. The Morgan fingerprint density at radius 3 is 2.71 bits per heavy atom. The molecule has 0 N–H and O–H groups in total. The molecule has 0 aliphatic heterocycles. The summed E-state index contributed by atoms with van der Waals surface area (Å²) < 4.78 is 9.56. The van der Waals surface area contributed by atoms with Crippen LogP contribution in [0.2, 0.25) is 5.02 Å². The highest BCUT2D eigenvalue weighted by atomic mass is 35.5. The van der Waals surface area contributed by atoms with E-state index in [0.29, 0.717) is 10.8 Å². The van der Waals surface area contributed by atoms with Crippen molar-refractivity contribution in [2.45, 2.75) is 6.42 Å². The van der Waals surface area contributed by atoms with E-state index in [9.17, 15) is 4.79 Å². The minimum Gasteiger partial charge on any atom is -0.495 e. The smallest absolute Gasteiger partial charge is 0.309 e. The lowest BCUT2D eigenvalue weighted by Crippen LogP contribution is -2.04. The average molecular weight is 215 g/mol. The van der Waals surface area contributed by atoms with E-state index in [0.717, 1.165) is 5.56 Å². The Morgan fingerprint density at radius 1 is 1.43 bits per heavy atom. The van der Waals surface area contributed by atoms with Crippen LogP contribution in [0.3, 0.4) is 0 Å². The lowest BCUT2D eigenvalue weighted by Gasteiger charge is -2.05. The Labute approximate surface area is 87.6 Å². The molecule has 0 amide bonds. The maximum absolute atomic E-state index is 11.0. The Balaban J connectivity index is 2.84. The molecule has 14 heavy (non-hydrogen) atoms. The molecule has 1 aromatic rings. The van der Waals surface area contributed by atoms with Gasteiger partial charge in [0.05, 0.1) is 25.7 Å². The number of hydrogen-bond donors (Lipinski definition) is 0. The number of carbonyl (C=O) groups excluding carboxylic acids is 1. The van der Waals surface area contributed by atoms with Gasteiger partial charge in [-0.2, -0.15) is 0 Å². The Morgan fingerprint density at radius 2 is 2.14 bits per heavy atom. The molecule has 0 atom stereocenters. The van der Waals surface area contributed by atoms with Gasteiger partial charge in [-0.05, 0) is 17.7 Å². The fraction of sp³-hybridized carbons (Fsp3) is 0.300. The van der Waals surface area contributed by atoms with Gasteiger partial charge in [-0.25, -0.2) is 0 Å². The summed E-state index contributed by atoms with van der Waals surface area (Å²) in [5.41, 5.74) is 0.818. The molecule has 0 aromatic heterocycles. The SMILES string of the molecule is COC(=O)Cc1ccc(Cl)c(OC)c1. The summed E-state index contributed by atoms with van der Waals surface area (Å²) >= 11 is 5.83. The third-order valence-corrected chi connectivity index (χ3v) is 2.10. The largest absolute Gasteiger partial charge is 0.495 e. The minimum absolute atomic E-state index is 0.226. The van der Waals surface area contributed by atoms with E-state index in [2.05, 4.69) is 4.74 Å². The number of carbonyl (C=O) groups is 1.